The molecule has 0 unspecified atom stereocenters. The summed E-state index contributed by atoms with van der Waals surface area (Å²) in [7, 11) is 2.00. The highest BCUT2D eigenvalue weighted by Crippen LogP contribution is 2.32. The number of carbonyl (C=O) groups excluding carboxylic acids is 1. The zero-order valence-corrected chi connectivity index (χ0v) is 12.7. The maximum atomic E-state index is 12.7. The molecule has 3 rings (SSSR count). The van der Waals surface area contributed by atoms with E-state index in [0.717, 1.165) is 23.8 Å². The van der Waals surface area contributed by atoms with Gasteiger partial charge in [0.1, 0.15) is 0 Å². The molecule has 1 N–H and O–H groups in total. The van der Waals surface area contributed by atoms with Crippen molar-refractivity contribution in [3.8, 4) is 0 Å². The second kappa shape index (κ2) is 5.98. The molecule has 1 saturated carbocycles. The Morgan fingerprint density at radius 2 is 1.76 bits per heavy atom. The average Bonchev–Trinajstić information content (AvgIpc) is 2.55. The molecule has 1 aliphatic rings. The van der Waals surface area contributed by atoms with E-state index in [1.54, 1.807) is 0 Å². The van der Waals surface area contributed by atoms with Crippen LogP contribution in [0.2, 0.25) is 0 Å². The van der Waals surface area contributed by atoms with Crippen LogP contribution in [0.1, 0.15) is 48.9 Å². The van der Waals surface area contributed by atoms with Crippen LogP contribution >= 0.6 is 0 Å². The molecule has 2 heteroatoms. The van der Waals surface area contributed by atoms with Crippen LogP contribution in [-0.4, -0.2) is 18.4 Å². The topological polar surface area (TPSA) is 29.1 Å². The van der Waals surface area contributed by atoms with E-state index in [4.69, 9.17) is 0 Å². The summed E-state index contributed by atoms with van der Waals surface area (Å²) in [5.74, 6) is 0.261. The fourth-order valence-corrected chi connectivity index (χ4v) is 3.52. The number of Topliss-reactive ketones (excluding diaryl/α,β-unsaturated/α-hetero) is 1. The molecule has 0 atom stereocenters. The van der Waals surface area contributed by atoms with Gasteiger partial charge < -0.3 is 5.32 Å². The predicted octanol–water partition coefficient (Wildman–Crippen LogP) is 4.33. The van der Waals surface area contributed by atoms with E-state index < -0.39 is 0 Å². The number of benzene rings is 2. The highest BCUT2D eigenvalue weighted by Gasteiger charge is 2.32. The Balaban J connectivity index is 1.82. The van der Waals surface area contributed by atoms with Gasteiger partial charge >= 0.3 is 0 Å². The second-order valence-corrected chi connectivity index (χ2v) is 6.25. The molecule has 2 aromatic carbocycles. The normalized spacial score (nSPS) is 17.8. The first-order valence-electron chi connectivity index (χ1n) is 7.93. The summed E-state index contributed by atoms with van der Waals surface area (Å²) in [6.07, 6.45) is 6.60. The number of fused-ring (bicyclic) bond motifs is 1. The molecule has 0 aromatic heterocycles. The highest BCUT2D eigenvalue weighted by molar-refractivity contribution is 6.00. The van der Waals surface area contributed by atoms with E-state index in [9.17, 15) is 4.79 Å². The van der Waals surface area contributed by atoms with Crippen molar-refractivity contribution >= 4 is 16.6 Å². The molecule has 0 amide bonds. The minimum absolute atomic E-state index is 0.0149. The van der Waals surface area contributed by atoms with Crippen LogP contribution in [-0.2, 0) is 0 Å². The number of ketones is 1. The van der Waals surface area contributed by atoms with Crippen LogP contribution in [0.25, 0.3) is 10.8 Å². The van der Waals surface area contributed by atoms with Crippen LogP contribution in [0, 0.1) is 0 Å². The Morgan fingerprint density at radius 1 is 1.05 bits per heavy atom. The van der Waals surface area contributed by atoms with Crippen molar-refractivity contribution in [3.63, 3.8) is 0 Å². The van der Waals surface area contributed by atoms with Crippen molar-refractivity contribution in [1.82, 2.24) is 5.32 Å². The fourth-order valence-electron chi connectivity index (χ4n) is 3.52. The van der Waals surface area contributed by atoms with Crippen molar-refractivity contribution in [1.29, 1.82) is 0 Å². The van der Waals surface area contributed by atoms with Crippen LogP contribution in [0.15, 0.2) is 42.5 Å². The lowest BCUT2D eigenvalue weighted by atomic mass is 9.77. The molecule has 0 spiro atoms. The number of carbonyl (C=O) groups is 1. The molecule has 2 nitrogen and oxygen atoms in total. The third-order valence-electron chi connectivity index (χ3n) is 4.91. The zero-order chi connectivity index (χ0) is 14.7. The summed E-state index contributed by atoms with van der Waals surface area (Å²) >= 11 is 0. The lowest BCUT2D eigenvalue weighted by molar-refractivity contribution is 0.0915. The van der Waals surface area contributed by atoms with Crippen molar-refractivity contribution in [3.05, 3.63) is 48.0 Å². The van der Waals surface area contributed by atoms with Gasteiger partial charge in [0.2, 0.25) is 0 Å². The van der Waals surface area contributed by atoms with Crippen molar-refractivity contribution in [2.45, 2.75) is 44.1 Å². The number of hydrogen-bond donors (Lipinski definition) is 1. The first-order valence-corrected chi connectivity index (χ1v) is 7.93. The summed E-state index contributed by atoms with van der Waals surface area (Å²) in [5, 5.41) is 5.77. The maximum Gasteiger partial charge on any atom is 0.164 e. The monoisotopic (exact) mass is 281 g/mol. The SMILES string of the molecule is CNC1(CC(=O)c2ccc3ccccc3c2)CCCCC1. The molecule has 21 heavy (non-hydrogen) atoms. The minimum atomic E-state index is 0.0149. The quantitative estimate of drug-likeness (QED) is 0.845. The van der Waals surface area contributed by atoms with Crippen LogP contribution < -0.4 is 5.32 Å². The van der Waals surface area contributed by atoms with Gasteiger partial charge in [-0.25, -0.2) is 0 Å². The standard InChI is InChI=1S/C19H23NO/c1-20-19(11-5-2-6-12-19)14-18(21)17-10-9-15-7-3-4-8-16(15)13-17/h3-4,7-10,13,20H,2,5-6,11-12,14H2,1H3. The molecule has 0 radical (unpaired) electrons. The Labute approximate surface area is 126 Å². The molecule has 2 aromatic rings. The summed E-state index contributed by atoms with van der Waals surface area (Å²) in [6, 6.07) is 14.3. The van der Waals surface area contributed by atoms with Gasteiger partial charge in [0.15, 0.2) is 5.78 Å². The largest absolute Gasteiger partial charge is 0.314 e. The highest BCUT2D eigenvalue weighted by atomic mass is 16.1. The van der Waals surface area contributed by atoms with Gasteiger partial charge in [-0.15, -0.1) is 0 Å². The summed E-state index contributed by atoms with van der Waals surface area (Å²) < 4.78 is 0. The number of nitrogens with one attached hydrogen (secondary N) is 1. The smallest absolute Gasteiger partial charge is 0.164 e. The zero-order valence-electron chi connectivity index (χ0n) is 12.7. The van der Waals surface area contributed by atoms with E-state index >= 15 is 0 Å². The fraction of sp³-hybridized carbons (Fsp3) is 0.421. The van der Waals surface area contributed by atoms with E-state index in [-0.39, 0.29) is 11.3 Å². The molecular weight excluding hydrogens is 258 g/mol. The molecule has 0 saturated heterocycles. The first-order chi connectivity index (χ1) is 10.2. The minimum Gasteiger partial charge on any atom is -0.314 e. The Kier molecular flexibility index (Phi) is 4.07. The Hall–Kier alpha value is -1.67. The van der Waals surface area contributed by atoms with Crippen LogP contribution in [0.5, 0.6) is 0 Å². The van der Waals surface area contributed by atoms with Crippen molar-refractivity contribution < 1.29 is 4.79 Å². The van der Waals surface area contributed by atoms with E-state index in [2.05, 4.69) is 23.5 Å². The number of hydrogen-bond acceptors (Lipinski definition) is 2. The lowest BCUT2D eigenvalue weighted by Crippen LogP contribution is -2.46. The van der Waals surface area contributed by atoms with Crippen molar-refractivity contribution in [2.24, 2.45) is 0 Å². The number of rotatable bonds is 4. The van der Waals surface area contributed by atoms with Gasteiger partial charge in [0.05, 0.1) is 0 Å². The predicted molar refractivity (Wildman–Crippen MR) is 87.8 cm³/mol. The summed E-state index contributed by atoms with van der Waals surface area (Å²) in [4.78, 5) is 12.7. The Bertz CT molecular complexity index is 641. The second-order valence-electron chi connectivity index (χ2n) is 6.25. The lowest BCUT2D eigenvalue weighted by Gasteiger charge is -2.36. The van der Waals surface area contributed by atoms with Crippen molar-refractivity contribution in [2.75, 3.05) is 7.05 Å². The molecule has 110 valence electrons. The molecule has 0 aliphatic heterocycles. The molecule has 1 aliphatic carbocycles. The van der Waals surface area contributed by atoms with E-state index in [0.29, 0.717) is 6.42 Å². The van der Waals surface area contributed by atoms with E-state index in [1.807, 2.05) is 31.3 Å². The van der Waals surface area contributed by atoms with Gasteiger partial charge in [-0.2, -0.15) is 0 Å². The molecule has 0 bridgehead atoms. The molecule has 0 heterocycles. The van der Waals surface area contributed by atoms with Gasteiger partial charge in [-0.3, -0.25) is 4.79 Å². The molecular formula is C19H23NO. The first kappa shape index (κ1) is 14.3. The third-order valence-corrected chi connectivity index (χ3v) is 4.91. The average molecular weight is 281 g/mol. The van der Waals surface area contributed by atoms with Crippen LogP contribution in [0.4, 0.5) is 0 Å². The van der Waals surface area contributed by atoms with Gasteiger partial charge in [-0.1, -0.05) is 55.7 Å². The maximum absolute atomic E-state index is 12.7. The van der Waals surface area contributed by atoms with Gasteiger partial charge in [0.25, 0.3) is 0 Å². The Morgan fingerprint density at radius 3 is 2.48 bits per heavy atom. The summed E-state index contributed by atoms with van der Waals surface area (Å²) in [5.41, 5.74) is 0.856. The summed E-state index contributed by atoms with van der Waals surface area (Å²) in [6.45, 7) is 0. The third kappa shape index (κ3) is 3.01. The molecule has 1 fully saturated rings. The van der Waals surface area contributed by atoms with Gasteiger partial charge in [-0.05, 0) is 36.7 Å². The van der Waals surface area contributed by atoms with E-state index in [1.165, 1.54) is 24.6 Å². The van der Waals surface area contributed by atoms with Gasteiger partial charge in [0, 0.05) is 17.5 Å². The van der Waals surface area contributed by atoms with Crippen LogP contribution in [0.3, 0.4) is 0 Å².